The fourth-order valence-corrected chi connectivity index (χ4v) is 5.31. The largest absolute Gasteiger partial charge is 0.464 e. The Labute approximate surface area is 203 Å². The van der Waals surface area contributed by atoms with E-state index in [0.717, 1.165) is 40.8 Å². The normalized spacial score (nSPS) is 17.1. The molecule has 1 heterocycles. The second kappa shape index (κ2) is 10.4. The van der Waals surface area contributed by atoms with Gasteiger partial charge in [-0.1, -0.05) is 56.3 Å². The number of thiophene rings is 1. The van der Waals surface area contributed by atoms with Gasteiger partial charge in [0.1, 0.15) is 0 Å². The van der Waals surface area contributed by atoms with Crippen molar-refractivity contribution in [1.29, 1.82) is 0 Å². The van der Waals surface area contributed by atoms with Gasteiger partial charge in [0.15, 0.2) is 6.10 Å². The molecule has 4 heteroatoms. The number of esters is 1. The van der Waals surface area contributed by atoms with Crippen molar-refractivity contribution in [2.24, 2.45) is 5.41 Å². The Morgan fingerprint density at radius 1 is 1.18 bits per heavy atom. The molecular formula is C29H38O3S. The van der Waals surface area contributed by atoms with Gasteiger partial charge in [-0.2, -0.15) is 0 Å². The molecule has 0 N–H and O–H groups in total. The summed E-state index contributed by atoms with van der Waals surface area (Å²) in [5.74, 6) is -0.315. The highest BCUT2D eigenvalue weighted by Gasteiger charge is 2.35. The van der Waals surface area contributed by atoms with Crippen molar-refractivity contribution in [1.82, 2.24) is 0 Å². The van der Waals surface area contributed by atoms with Gasteiger partial charge in [0.2, 0.25) is 0 Å². The van der Waals surface area contributed by atoms with E-state index in [4.69, 9.17) is 9.47 Å². The highest BCUT2D eigenvalue weighted by molar-refractivity contribution is 7.13. The first-order valence-corrected chi connectivity index (χ1v) is 12.7. The molecule has 1 unspecified atom stereocenters. The zero-order chi connectivity index (χ0) is 24.2. The zero-order valence-electron chi connectivity index (χ0n) is 21.2. The van der Waals surface area contributed by atoms with Gasteiger partial charge in [-0.3, -0.25) is 0 Å². The van der Waals surface area contributed by atoms with Gasteiger partial charge in [-0.15, -0.1) is 11.3 Å². The summed E-state index contributed by atoms with van der Waals surface area (Å²) in [4.78, 5) is 15.4. The Balaban J connectivity index is 2.15. The van der Waals surface area contributed by atoms with Crippen LogP contribution in [0, 0.1) is 12.3 Å². The minimum absolute atomic E-state index is 0.303. The van der Waals surface area contributed by atoms with Crippen molar-refractivity contribution in [3.8, 4) is 0 Å². The Bertz CT molecular complexity index is 1020. The summed E-state index contributed by atoms with van der Waals surface area (Å²) in [5.41, 5.74) is 4.41. The molecule has 0 amide bonds. The molecule has 0 saturated carbocycles. The average molecular weight is 467 g/mol. The van der Waals surface area contributed by atoms with E-state index < -0.39 is 11.7 Å². The van der Waals surface area contributed by atoms with Crippen LogP contribution in [0.2, 0.25) is 0 Å². The lowest BCUT2D eigenvalue weighted by Gasteiger charge is -2.31. The third kappa shape index (κ3) is 6.68. The molecule has 0 radical (unpaired) electrons. The first kappa shape index (κ1) is 25.5. The Kier molecular flexibility index (Phi) is 8.02. The summed E-state index contributed by atoms with van der Waals surface area (Å²) in [6.45, 7) is 14.9. The van der Waals surface area contributed by atoms with E-state index in [9.17, 15) is 4.79 Å². The van der Waals surface area contributed by atoms with Crippen molar-refractivity contribution in [3.05, 3.63) is 62.9 Å². The van der Waals surface area contributed by atoms with Crippen LogP contribution in [-0.2, 0) is 14.3 Å². The predicted octanol–water partition coefficient (Wildman–Crippen LogP) is 8.24. The lowest BCUT2D eigenvalue weighted by Crippen LogP contribution is -2.29. The third-order valence-corrected chi connectivity index (χ3v) is 7.00. The molecule has 2 aromatic rings. The Hall–Kier alpha value is -2.17. The first-order chi connectivity index (χ1) is 15.5. The third-order valence-electron chi connectivity index (χ3n) is 5.91. The van der Waals surface area contributed by atoms with Gasteiger partial charge < -0.3 is 9.47 Å². The molecular weight excluding hydrogens is 428 g/mol. The number of benzene rings is 1. The van der Waals surface area contributed by atoms with Crippen molar-refractivity contribution in [3.63, 3.8) is 0 Å². The molecule has 178 valence electrons. The predicted molar refractivity (Wildman–Crippen MR) is 140 cm³/mol. The quantitative estimate of drug-likeness (QED) is 0.385. The summed E-state index contributed by atoms with van der Waals surface area (Å²) >= 11 is 1.73. The monoisotopic (exact) mass is 466 g/mol. The van der Waals surface area contributed by atoms with Gasteiger partial charge in [-0.25, -0.2) is 4.79 Å². The summed E-state index contributed by atoms with van der Waals surface area (Å²) in [7, 11) is 0. The molecule has 0 saturated heterocycles. The topological polar surface area (TPSA) is 35.5 Å². The van der Waals surface area contributed by atoms with E-state index in [-0.39, 0.29) is 5.97 Å². The fourth-order valence-electron chi connectivity index (χ4n) is 4.18. The number of carbonyl (C=O) groups is 1. The zero-order valence-corrected chi connectivity index (χ0v) is 22.0. The standard InChI is InChI=1S/C29H38O3S/c1-8-31-27(30)26(32-28(3,4)5)24-20(2)33-23(15-14-21-12-10-9-11-13-21)25(24)22-16-18-29(6,7)19-17-22/h9-16,26H,8,17-19H2,1-7H3. The molecule has 1 aliphatic rings. The van der Waals surface area contributed by atoms with Crippen molar-refractivity contribution in [2.75, 3.05) is 6.61 Å². The maximum atomic E-state index is 13.1. The molecule has 0 fully saturated rings. The minimum Gasteiger partial charge on any atom is -0.464 e. The molecule has 1 aromatic carbocycles. The number of allylic oxidation sites excluding steroid dienone is 2. The Morgan fingerprint density at radius 2 is 1.88 bits per heavy atom. The van der Waals surface area contributed by atoms with Crippen LogP contribution >= 0.6 is 11.3 Å². The minimum atomic E-state index is -0.745. The Morgan fingerprint density at radius 3 is 2.45 bits per heavy atom. The van der Waals surface area contributed by atoms with Gasteiger partial charge in [0.25, 0.3) is 0 Å². The lowest BCUT2D eigenvalue weighted by molar-refractivity contribution is -0.166. The average Bonchev–Trinajstić information content (AvgIpc) is 3.06. The van der Waals surface area contributed by atoms with E-state index in [1.165, 1.54) is 10.5 Å². The highest BCUT2D eigenvalue weighted by atomic mass is 32.1. The summed E-state index contributed by atoms with van der Waals surface area (Å²) in [5, 5.41) is 0. The number of hydrogen-bond acceptors (Lipinski definition) is 4. The molecule has 0 spiro atoms. The smallest absolute Gasteiger partial charge is 0.340 e. The second-order valence-electron chi connectivity index (χ2n) is 10.5. The molecule has 3 nitrogen and oxygen atoms in total. The van der Waals surface area contributed by atoms with Crippen LogP contribution < -0.4 is 0 Å². The van der Waals surface area contributed by atoms with Crippen molar-refractivity contribution < 1.29 is 14.3 Å². The van der Waals surface area contributed by atoms with E-state index in [1.807, 2.05) is 45.9 Å². The number of carbonyl (C=O) groups excluding carboxylic acids is 1. The molecule has 1 aliphatic carbocycles. The fraction of sp³-hybridized carbons (Fsp3) is 0.483. The summed E-state index contributed by atoms with van der Waals surface area (Å²) in [6.07, 6.45) is 9.11. The number of aryl methyl sites for hydroxylation is 1. The maximum absolute atomic E-state index is 13.1. The molecule has 1 atom stereocenters. The lowest BCUT2D eigenvalue weighted by atomic mass is 9.76. The van der Waals surface area contributed by atoms with Crippen LogP contribution in [-0.4, -0.2) is 18.2 Å². The van der Waals surface area contributed by atoms with E-state index in [1.54, 1.807) is 11.3 Å². The molecule has 1 aromatic heterocycles. The maximum Gasteiger partial charge on any atom is 0.340 e. The summed E-state index contributed by atoms with van der Waals surface area (Å²) < 4.78 is 11.8. The van der Waals surface area contributed by atoms with Gasteiger partial charge in [-0.05, 0) is 76.5 Å². The second-order valence-corrected chi connectivity index (χ2v) is 11.8. The van der Waals surface area contributed by atoms with Crippen molar-refractivity contribution in [2.45, 2.75) is 79.4 Å². The first-order valence-electron chi connectivity index (χ1n) is 11.9. The van der Waals surface area contributed by atoms with Crippen LogP contribution in [0.15, 0.2) is 36.4 Å². The molecule has 3 rings (SSSR count). The van der Waals surface area contributed by atoms with Crippen molar-refractivity contribution >= 4 is 35.0 Å². The van der Waals surface area contributed by atoms with Crippen LogP contribution in [0.4, 0.5) is 0 Å². The van der Waals surface area contributed by atoms with Gasteiger partial charge >= 0.3 is 5.97 Å². The van der Waals surface area contributed by atoms with Gasteiger partial charge in [0, 0.05) is 20.9 Å². The van der Waals surface area contributed by atoms with E-state index in [2.05, 4.69) is 51.1 Å². The van der Waals surface area contributed by atoms with Crippen LogP contribution in [0.25, 0.3) is 17.7 Å². The number of rotatable bonds is 7. The van der Waals surface area contributed by atoms with Crippen LogP contribution in [0.5, 0.6) is 0 Å². The SMILES string of the molecule is CCOC(=O)C(OC(C)(C)C)c1c(C)sc(C=Cc2ccccc2)c1C1=CCC(C)(C)CC1. The van der Waals surface area contributed by atoms with Crippen LogP contribution in [0.1, 0.15) is 93.4 Å². The number of ether oxygens (including phenoxy) is 2. The molecule has 0 bridgehead atoms. The van der Waals surface area contributed by atoms with E-state index >= 15 is 0 Å². The van der Waals surface area contributed by atoms with E-state index in [0.29, 0.717) is 12.0 Å². The number of hydrogen-bond donors (Lipinski definition) is 0. The molecule has 0 aliphatic heterocycles. The highest BCUT2D eigenvalue weighted by Crippen LogP contribution is 2.46. The van der Waals surface area contributed by atoms with Crippen LogP contribution in [0.3, 0.4) is 0 Å². The molecule has 33 heavy (non-hydrogen) atoms. The van der Waals surface area contributed by atoms with Gasteiger partial charge in [0.05, 0.1) is 12.2 Å². The summed E-state index contributed by atoms with van der Waals surface area (Å²) in [6, 6.07) is 10.3.